The molecule has 0 amide bonds. The molecule has 356 valence electrons. The normalized spacial score (nSPS) is 13.9. The van der Waals surface area contributed by atoms with Gasteiger partial charge in [-0.3, -0.25) is 0 Å². The largest absolute Gasteiger partial charge is 0.310 e. The number of benzene rings is 11. The lowest BCUT2D eigenvalue weighted by Crippen LogP contribution is -2.26. The number of hydrogen-bond donors (Lipinski definition) is 0. The molecule has 3 nitrogen and oxygen atoms in total. The van der Waals surface area contributed by atoms with Crippen molar-refractivity contribution in [3.05, 3.63) is 294 Å². The molecule has 2 aromatic heterocycles. The summed E-state index contributed by atoms with van der Waals surface area (Å²) in [5.41, 5.74) is 27.2. The van der Waals surface area contributed by atoms with Crippen LogP contribution in [0, 0.1) is 0 Å². The molecule has 0 fully saturated rings. The van der Waals surface area contributed by atoms with Gasteiger partial charge in [0.15, 0.2) is 0 Å². The smallest absolute Gasteiger partial charge is 0.0788 e. The monoisotopic (exact) mass is 967 g/mol. The zero-order chi connectivity index (χ0) is 50.3. The van der Waals surface area contributed by atoms with Gasteiger partial charge in [0.1, 0.15) is 0 Å². The Labute approximate surface area is 442 Å². The van der Waals surface area contributed by atoms with Crippen molar-refractivity contribution >= 4 is 49.8 Å². The van der Waals surface area contributed by atoms with Crippen LogP contribution in [0.3, 0.4) is 0 Å². The number of hydrogen-bond acceptors (Lipinski definition) is 2. The number of anilines is 3. The molecular formula is C73H49N3. The highest BCUT2D eigenvalue weighted by atomic mass is 15.1. The Morgan fingerprint density at radius 2 is 0.855 bits per heavy atom. The Morgan fingerprint density at radius 3 is 1.53 bits per heavy atom. The molecule has 0 unspecified atom stereocenters. The molecule has 76 heavy (non-hydrogen) atoms. The molecule has 0 bridgehead atoms. The topological polar surface area (TPSA) is 21.1 Å². The van der Waals surface area contributed by atoms with Gasteiger partial charge in [0.05, 0.1) is 27.7 Å². The summed E-state index contributed by atoms with van der Waals surface area (Å²) in [5, 5.41) is 3.49. The summed E-state index contributed by atoms with van der Waals surface area (Å²) in [7, 11) is 0. The molecular weight excluding hydrogens is 919 g/mol. The fourth-order valence-electron chi connectivity index (χ4n) is 13.8. The Balaban J connectivity index is 0.943. The lowest BCUT2D eigenvalue weighted by atomic mass is 9.70. The molecule has 2 heterocycles. The van der Waals surface area contributed by atoms with Crippen LogP contribution >= 0.6 is 0 Å². The van der Waals surface area contributed by atoms with Crippen LogP contribution in [0.2, 0.25) is 0 Å². The minimum Gasteiger partial charge on any atom is -0.310 e. The second kappa shape index (κ2) is 16.0. The minimum atomic E-state index is -0.479. The number of rotatable bonds is 6. The van der Waals surface area contributed by atoms with Gasteiger partial charge < -0.3 is 9.47 Å². The average Bonchev–Trinajstić information content (AvgIpc) is 4.29. The molecule has 0 saturated heterocycles. The second-order valence-corrected chi connectivity index (χ2v) is 21.4. The maximum absolute atomic E-state index is 5.41. The van der Waals surface area contributed by atoms with E-state index in [0.29, 0.717) is 0 Å². The van der Waals surface area contributed by atoms with E-state index in [1.165, 1.54) is 77.5 Å². The Morgan fingerprint density at radius 1 is 0.342 bits per heavy atom. The van der Waals surface area contributed by atoms with Gasteiger partial charge in [0.2, 0.25) is 0 Å². The van der Waals surface area contributed by atoms with E-state index < -0.39 is 5.41 Å². The van der Waals surface area contributed by atoms with Crippen LogP contribution in [0.25, 0.3) is 94.2 Å². The minimum absolute atomic E-state index is 0.181. The van der Waals surface area contributed by atoms with Crippen LogP contribution in [-0.2, 0) is 10.8 Å². The van der Waals surface area contributed by atoms with Gasteiger partial charge >= 0.3 is 0 Å². The number of nitrogens with zero attached hydrogens (tertiary/aromatic N) is 3. The van der Waals surface area contributed by atoms with Crippen molar-refractivity contribution in [2.24, 2.45) is 0 Å². The van der Waals surface area contributed by atoms with Crippen molar-refractivity contribution in [1.29, 1.82) is 0 Å². The van der Waals surface area contributed by atoms with Crippen molar-refractivity contribution in [2.45, 2.75) is 24.7 Å². The molecule has 13 aromatic rings. The summed E-state index contributed by atoms with van der Waals surface area (Å²) in [6, 6.07) is 97.0. The van der Waals surface area contributed by atoms with E-state index in [9.17, 15) is 0 Å². The van der Waals surface area contributed by atoms with Gasteiger partial charge in [-0.1, -0.05) is 202 Å². The van der Waals surface area contributed by atoms with Crippen LogP contribution in [0.1, 0.15) is 47.2 Å². The third kappa shape index (κ3) is 5.91. The van der Waals surface area contributed by atoms with Crippen molar-refractivity contribution in [3.8, 4) is 61.5 Å². The third-order valence-electron chi connectivity index (χ3n) is 17.2. The molecule has 3 heteroatoms. The first kappa shape index (κ1) is 42.9. The van der Waals surface area contributed by atoms with E-state index in [1.807, 2.05) is 0 Å². The number of pyridine rings is 1. The van der Waals surface area contributed by atoms with E-state index >= 15 is 0 Å². The Kier molecular flexibility index (Phi) is 9.01. The molecule has 3 aliphatic carbocycles. The van der Waals surface area contributed by atoms with Crippen molar-refractivity contribution < 1.29 is 0 Å². The van der Waals surface area contributed by atoms with Gasteiger partial charge in [0, 0.05) is 55.5 Å². The SMILES string of the molecule is CC1(C)c2ccccc2-c2ccc(N(c3ccc4c(c3)C3(c5ccccc5-c5ccccc53)c3ccccc3-4)c3ccc4c(c3)c3ccc(-c5nc6ccccc6cc5-c5ccccc5)cc3n4-c3ccccc3)cc21. The van der Waals surface area contributed by atoms with Gasteiger partial charge in [0.25, 0.3) is 0 Å². The van der Waals surface area contributed by atoms with Crippen molar-refractivity contribution in [2.75, 3.05) is 4.90 Å². The van der Waals surface area contributed by atoms with Crippen molar-refractivity contribution in [3.63, 3.8) is 0 Å². The molecule has 0 saturated carbocycles. The van der Waals surface area contributed by atoms with Crippen LogP contribution in [0.4, 0.5) is 17.1 Å². The van der Waals surface area contributed by atoms with Gasteiger partial charge in [-0.15, -0.1) is 0 Å². The molecule has 11 aromatic carbocycles. The summed E-state index contributed by atoms with van der Waals surface area (Å²) in [4.78, 5) is 7.93. The Hall–Kier alpha value is -9.57. The first-order valence-corrected chi connectivity index (χ1v) is 26.5. The molecule has 0 N–H and O–H groups in total. The summed E-state index contributed by atoms with van der Waals surface area (Å²) >= 11 is 0. The van der Waals surface area contributed by atoms with E-state index in [1.54, 1.807) is 0 Å². The van der Waals surface area contributed by atoms with Crippen LogP contribution in [0.5, 0.6) is 0 Å². The van der Waals surface area contributed by atoms with E-state index in [-0.39, 0.29) is 5.41 Å². The van der Waals surface area contributed by atoms with E-state index in [2.05, 4.69) is 284 Å². The molecule has 0 atom stereocenters. The van der Waals surface area contributed by atoms with E-state index in [4.69, 9.17) is 4.98 Å². The lowest BCUT2D eigenvalue weighted by Gasteiger charge is -2.32. The van der Waals surface area contributed by atoms with Crippen molar-refractivity contribution in [1.82, 2.24) is 9.55 Å². The lowest BCUT2D eigenvalue weighted by molar-refractivity contribution is 0.660. The molecule has 16 rings (SSSR count). The quantitative estimate of drug-likeness (QED) is 0.166. The number of fused-ring (bicyclic) bond motifs is 17. The summed E-state index contributed by atoms with van der Waals surface area (Å²) in [6.45, 7) is 4.76. The fourth-order valence-corrected chi connectivity index (χ4v) is 13.8. The zero-order valence-corrected chi connectivity index (χ0v) is 42.2. The highest BCUT2D eigenvalue weighted by molar-refractivity contribution is 6.12. The third-order valence-corrected chi connectivity index (χ3v) is 17.2. The molecule has 0 radical (unpaired) electrons. The van der Waals surface area contributed by atoms with Crippen LogP contribution < -0.4 is 4.90 Å². The molecule has 0 aliphatic heterocycles. The van der Waals surface area contributed by atoms with Crippen LogP contribution in [-0.4, -0.2) is 9.55 Å². The molecule has 1 spiro atoms. The summed E-state index contributed by atoms with van der Waals surface area (Å²) in [6.07, 6.45) is 0. The average molecular weight is 968 g/mol. The Bertz CT molecular complexity index is 4500. The van der Waals surface area contributed by atoms with Gasteiger partial charge in [-0.25, -0.2) is 4.98 Å². The summed E-state index contributed by atoms with van der Waals surface area (Å²) in [5.74, 6) is 0. The highest BCUT2D eigenvalue weighted by Crippen LogP contribution is 2.63. The first-order chi connectivity index (χ1) is 37.4. The fraction of sp³-hybridized carbons (Fsp3) is 0.0548. The maximum Gasteiger partial charge on any atom is 0.0788 e. The van der Waals surface area contributed by atoms with Gasteiger partial charge in [-0.2, -0.15) is 0 Å². The second-order valence-electron chi connectivity index (χ2n) is 21.4. The number of para-hydroxylation sites is 2. The first-order valence-electron chi connectivity index (χ1n) is 26.5. The predicted octanol–water partition coefficient (Wildman–Crippen LogP) is 18.8. The molecule has 3 aliphatic rings. The van der Waals surface area contributed by atoms with E-state index in [0.717, 1.165) is 67.1 Å². The summed E-state index contributed by atoms with van der Waals surface area (Å²) < 4.78 is 2.44. The predicted molar refractivity (Wildman–Crippen MR) is 315 cm³/mol. The standard InChI is InChI=1S/C73H49N3/c1-72(2)62-28-14-10-24-53(62)57-38-34-51(44-66(57)72)75(52-35-39-58-56-27-13-17-31-65(56)73(67(58)45-52)63-29-15-11-25-54(63)55-26-12-16-30-64(55)73)50-36-40-69-61(43-50)59-37-33-48(42-70(59)76(69)49-22-7-4-8-23-49)71-60(46-19-5-3-6-20-46)41-47-21-9-18-32-68(47)74-71/h3-45H,1-2H3. The highest BCUT2D eigenvalue weighted by Gasteiger charge is 2.51. The zero-order valence-electron chi connectivity index (χ0n) is 42.2. The van der Waals surface area contributed by atoms with Crippen LogP contribution in [0.15, 0.2) is 261 Å². The maximum atomic E-state index is 5.41. The number of aromatic nitrogens is 2. The van der Waals surface area contributed by atoms with Gasteiger partial charge in [-0.05, 0) is 145 Å².